The number of rotatable bonds is 8. The normalized spacial score (nSPS) is 10.8. The lowest BCUT2D eigenvalue weighted by Gasteiger charge is -2.08. The van der Waals surface area contributed by atoms with Gasteiger partial charge in [0, 0.05) is 18.8 Å². The highest BCUT2D eigenvalue weighted by Crippen LogP contribution is 2.10. The van der Waals surface area contributed by atoms with E-state index in [2.05, 4.69) is 31.1 Å². The third-order valence-corrected chi connectivity index (χ3v) is 2.55. The van der Waals surface area contributed by atoms with Crippen molar-refractivity contribution < 1.29 is 4.74 Å². The molecule has 0 aromatic carbocycles. The Morgan fingerprint density at radius 3 is 2.94 bits per heavy atom. The minimum Gasteiger partial charge on any atom is -0.478 e. The first-order valence-electron chi connectivity index (χ1n) is 6.50. The topological polar surface area (TPSA) is 34.2 Å². The Balaban J connectivity index is 2.32. The fourth-order valence-corrected chi connectivity index (χ4v) is 1.58. The first-order chi connectivity index (χ1) is 8.22. The number of nitrogens with zero attached hydrogens (tertiary/aromatic N) is 1. The van der Waals surface area contributed by atoms with E-state index in [-0.39, 0.29) is 0 Å². The average Bonchev–Trinajstić information content (AvgIpc) is 2.32. The molecule has 0 spiro atoms. The van der Waals surface area contributed by atoms with Gasteiger partial charge in [-0.1, -0.05) is 20.8 Å². The predicted octanol–water partition coefficient (Wildman–Crippen LogP) is 3.01. The third-order valence-electron chi connectivity index (χ3n) is 2.55. The lowest BCUT2D eigenvalue weighted by atomic mass is 10.1. The van der Waals surface area contributed by atoms with Crippen molar-refractivity contribution in [2.45, 2.75) is 40.2 Å². The van der Waals surface area contributed by atoms with Crippen LogP contribution in [0.4, 0.5) is 0 Å². The van der Waals surface area contributed by atoms with Crippen LogP contribution in [0.15, 0.2) is 18.3 Å². The summed E-state index contributed by atoms with van der Waals surface area (Å²) in [4.78, 5) is 4.21. The zero-order valence-corrected chi connectivity index (χ0v) is 11.2. The molecule has 0 saturated carbocycles. The molecule has 0 fully saturated rings. The van der Waals surface area contributed by atoms with Gasteiger partial charge in [0.15, 0.2) is 0 Å². The molecule has 0 unspecified atom stereocenters. The van der Waals surface area contributed by atoms with Crippen molar-refractivity contribution in [2.75, 3.05) is 13.2 Å². The van der Waals surface area contributed by atoms with Crippen molar-refractivity contribution in [1.82, 2.24) is 10.3 Å². The first-order valence-corrected chi connectivity index (χ1v) is 6.50. The molecular weight excluding hydrogens is 212 g/mol. The van der Waals surface area contributed by atoms with Crippen LogP contribution in [-0.4, -0.2) is 18.1 Å². The van der Waals surface area contributed by atoms with Gasteiger partial charge in [-0.15, -0.1) is 0 Å². The van der Waals surface area contributed by atoms with Gasteiger partial charge >= 0.3 is 0 Å². The molecule has 0 aliphatic carbocycles. The van der Waals surface area contributed by atoms with Gasteiger partial charge in [-0.05, 0) is 36.9 Å². The van der Waals surface area contributed by atoms with Crippen LogP contribution in [0.25, 0.3) is 0 Å². The van der Waals surface area contributed by atoms with E-state index in [1.54, 1.807) is 0 Å². The second kappa shape index (κ2) is 8.07. The van der Waals surface area contributed by atoms with Gasteiger partial charge in [0.25, 0.3) is 0 Å². The van der Waals surface area contributed by atoms with Crippen LogP contribution in [0.1, 0.15) is 39.2 Å². The molecule has 1 heterocycles. The molecule has 0 bridgehead atoms. The van der Waals surface area contributed by atoms with Gasteiger partial charge in [0.05, 0.1) is 6.61 Å². The van der Waals surface area contributed by atoms with E-state index in [1.165, 1.54) is 12.0 Å². The summed E-state index contributed by atoms with van der Waals surface area (Å²) in [7, 11) is 0. The number of hydrogen-bond acceptors (Lipinski definition) is 3. The monoisotopic (exact) mass is 236 g/mol. The fraction of sp³-hybridized carbons (Fsp3) is 0.643. The average molecular weight is 236 g/mol. The van der Waals surface area contributed by atoms with E-state index < -0.39 is 0 Å². The molecule has 0 saturated heterocycles. The number of pyridine rings is 1. The fourth-order valence-electron chi connectivity index (χ4n) is 1.58. The Labute approximate surface area is 105 Å². The molecule has 0 atom stereocenters. The summed E-state index contributed by atoms with van der Waals surface area (Å²) in [5, 5.41) is 3.29. The number of aromatic nitrogens is 1. The van der Waals surface area contributed by atoms with Gasteiger partial charge in [-0.2, -0.15) is 0 Å². The van der Waals surface area contributed by atoms with Crippen LogP contribution in [0, 0.1) is 5.92 Å². The molecule has 3 nitrogen and oxygen atoms in total. The van der Waals surface area contributed by atoms with Crippen molar-refractivity contribution in [3.8, 4) is 5.88 Å². The molecule has 0 aliphatic heterocycles. The van der Waals surface area contributed by atoms with Gasteiger partial charge in [-0.25, -0.2) is 4.98 Å². The zero-order chi connectivity index (χ0) is 12.5. The summed E-state index contributed by atoms with van der Waals surface area (Å²) in [6.45, 7) is 9.18. The molecule has 1 aromatic rings. The molecule has 1 rings (SSSR count). The molecule has 17 heavy (non-hydrogen) atoms. The highest BCUT2D eigenvalue weighted by molar-refractivity contribution is 5.20. The minimum atomic E-state index is 0.740. The molecule has 96 valence electrons. The Kier molecular flexibility index (Phi) is 6.63. The maximum absolute atomic E-state index is 5.64. The Bertz CT molecular complexity index is 313. The number of nitrogens with one attached hydrogen (secondary N) is 1. The third kappa shape index (κ3) is 6.27. The van der Waals surface area contributed by atoms with Crippen molar-refractivity contribution in [3.63, 3.8) is 0 Å². The van der Waals surface area contributed by atoms with Crippen molar-refractivity contribution in [3.05, 3.63) is 23.9 Å². The van der Waals surface area contributed by atoms with Gasteiger partial charge in [0.1, 0.15) is 0 Å². The molecule has 1 N–H and O–H groups in total. The summed E-state index contributed by atoms with van der Waals surface area (Å²) >= 11 is 0. The maximum atomic E-state index is 5.64. The molecule has 0 radical (unpaired) electrons. The van der Waals surface area contributed by atoms with E-state index in [0.29, 0.717) is 0 Å². The molecule has 0 amide bonds. The molecule has 3 heteroatoms. The van der Waals surface area contributed by atoms with Crippen molar-refractivity contribution >= 4 is 0 Å². The van der Waals surface area contributed by atoms with Crippen molar-refractivity contribution in [1.29, 1.82) is 0 Å². The number of ether oxygens (including phenoxy) is 1. The summed E-state index contributed by atoms with van der Waals surface area (Å²) in [6.07, 6.45) is 4.11. The van der Waals surface area contributed by atoms with E-state index in [1.807, 2.05) is 18.3 Å². The second-order valence-corrected chi connectivity index (χ2v) is 4.67. The lowest BCUT2D eigenvalue weighted by molar-refractivity contribution is 0.287. The smallest absolute Gasteiger partial charge is 0.213 e. The standard InChI is InChI=1S/C14H24N2O/c1-4-15-11-13-7-8-16-14(10-13)17-9-5-6-12(2)3/h7-8,10,12,15H,4-6,9,11H2,1-3H3. The highest BCUT2D eigenvalue weighted by atomic mass is 16.5. The molecule has 1 aromatic heterocycles. The van der Waals surface area contributed by atoms with Crippen LogP contribution in [0.5, 0.6) is 5.88 Å². The minimum absolute atomic E-state index is 0.740. The lowest BCUT2D eigenvalue weighted by Crippen LogP contribution is -2.12. The number of hydrogen-bond donors (Lipinski definition) is 1. The van der Waals surface area contributed by atoms with E-state index in [4.69, 9.17) is 4.74 Å². The summed E-state index contributed by atoms with van der Waals surface area (Å²) in [5.41, 5.74) is 1.22. The molecular formula is C14H24N2O. The summed E-state index contributed by atoms with van der Waals surface area (Å²) in [5.74, 6) is 1.48. The van der Waals surface area contributed by atoms with Gasteiger partial charge in [0.2, 0.25) is 5.88 Å². The SMILES string of the molecule is CCNCc1ccnc(OCCCC(C)C)c1. The van der Waals surface area contributed by atoms with Crippen LogP contribution in [-0.2, 0) is 6.54 Å². The van der Waals surface area contributed by atoms with Crippen LogP contribution < -0.4 is 10.1 Å². The van der Waals surface area contributed by atoms with Gasteiger partial charge in [-0.3, -0.25) is 0 Å². The highest BCUT2D eigenvalue weighted by Gasteiger charge is 1.99. The van der Waals surface area contributed by atoms with Crippen LogP contribution in [0.3, 0.4) is 0 Å². The zero-order valence-electron chi connectivity index (χ0n) is 11.2. The Hall–Kier alpha value is -1.09. The Morgan fingerprint density at radius 2 is 2.24 bits per heavy atom. The summed E-state index contributed by atoms with van der Waals surface area (Å²) < 4.78 is 5.64. The van der Waals surface area contributed by atoms with Crippen LogP contribution in [0.2, 0.25) is 0 Å². The molecule has 0 aliphatic rings. The Morgan fingerprint density at radius 1 is 1.41 bits per heavy atom. The maximum Gasteiger partial charge on any atom is 0.213 e. The van der Waals surface area contributed by atoms with E-state index in [0.717, 1.165) is 37.9 Å². The quantitative estimate of drug-likeness (QED) is 0.705. The predicted molar refractivity (Wildman–Crippen MR) is 71.2 cm³/mol. The van der Waals surface area contributed by atoms with E-state index in [9.17, 15) is 0 Å². The first kappa shape index (κ1) is 14.0. The van der Waals surface area contributed by atoms with E-state index >= 15 is 0 Å². The summed E-state index contributed by atoms with van der Waals surface area (Å²) in [6, 6.07) is 4.03. The largest absolute Gasteiger partial charge is 0.478 e. The van der Waals surface area contributed by atoms with Gasteiger partial charge < -0.3 is 10.1 Å². The second-order valence-electron chi connectivity index (χ2n) is 4.67. The van der Waals surface area contributed by atoms with Crippen molar-refractivity contribution in [2.24, 2.45) is 5.92 Å². The van der Waals surface area contributed by atoms with Crippen LogP contribution >= 0.6 is 0 Å².